The van der Waals surface area contributed by atoms with E-state index in [1.54, 1.807) is 0 Å². The number of nitrogens with zero attached hydrogens (tertiary/aromatic N) is 3. The molecule has 3 heteroatoms. The lowest BCUT2D eigenvalue weighted by Gasteiger charge is -2.20. The first-order valence-corrected chi connectivity index (χ1v) is 16.7. The van der Waals surface area contributed by atoms with Crippen molar-refractivity contribution in [3.8, 4) is 73.0 Å². The summed E-state index contributed by atoms with van der Waals surface area (Å²) in [5.41, 5.74) is 15.6. The van der Waals surface area contributed by atoms with E-state index in [0.29, 0.717) is 0 Å². The molecule has 1 aliphatic carbocycles. The fourth-order valence-corrected chi connectivity index (χ4v) is 7.61. The highest BCUT2D eigenvalue weighted by molar-refractivity contribution is 6.21. The van der Waals surface area contributed by atoms with E-state index in [1.165, 1.54) is 33.0 Å². The topological polar surface area (TPSA) is 30.7 Å². The molecule has 2 heterocycles. The van der Waals surface area contributed by atoms with Gasteiger partial charge in [-0.3, -0.25) is 4.57 Å². The van der Waals surface area contributed by atoms with Crippen LogP contribution in [0, 0.1) is 0 Å². The van der Waals surface area contributed by atoms with Gasteiger partial charge in [-0.15, -0.1) is 0 Å². The Kier molecular flexibility index (Phi) is 6.18. The molecule has 0 aliphatic heterocycles. The van der Waals surface area contributed by atoms with Crippen LogP contribution < -0.4 is 0 Å². The summed E-state index contributed by atoms with van der Waals surface area (Å²) in [4.78, 5) is 10.7. The van der Waals surface area contributed by atoms with Crippen LogP contribution in [-0.4, -0.2) is 14.5 Å². The summed E-state index contributed by atoms with van der Waals surface area (Å²) < 4.78 is 2.25. The third-order valence-corrected chi connectivity index (χ3v) is 9.74. The van der Waals surface area contributed by atoms with Gasteiger partial charge in [0, 0.05) is 39.1 Å². The molecule has 1 aliphatic rings. The zero-order valence-corrected chi connectivity index (χ0v) is 26.6. The maximum atomic E-state index is 5.61. The molecule has 3 nitrogen and oxygen atoms in total. The van der Waals surface area contributed by atoms with Gasteiger partial charge in [-0.25, -0.2) is 9.97 Å². The zero-order chi connectivity index (χ0) is 32.3. The molecule has 0 bridgehead atoms. The Morgan fingerprint density at radius 2 is 0.918 bits per heavy atom. The fraction of sp³-hybridized carbons (Fsp3) is 0. The lowest BCUT2D eigenvalue weighted by Crippen LogP contribution is -1.99. The number of hydrogen-bond acceptors (Lipinski definition) is 2. The number of hydrogen-bond donors (Lipinski definition) is 0. The summed E-state index contributed by atoms with van der Waals surface area (Å²) in [6.45, 7) is 0. The molecule has 0 N–H and O–H groups in total. The van der Waals surface area contributed by atoms with Gasteiger partial charge in [0.25, 0.3) is 0 Å². The molecule has 0 fully saturated rings. The van der Waals surface area contributed by atoms with Gasteiger partial charge in [0.15, 0.2) is 0 Å². The molecule has 49 heavy (non-hydrogen) atoms. The van der Waals surface area contributed by atoms with Crippen molar-refractivity contribution < 1.29 is 0 Å². The Labute approximate surface area is 284 Å². The quantitative estimate of drug-likeness (QED) is 0.191. The van der Waals surface area contributed by atoms with E-state index in [-0.39, 0.29) is 0 Å². The van der Waals surface area contributed by atoms with Gasteiger partial charge < -0.3 is 0 Å². The monoisotopic (exact) mass is 623 g/mol. The first-order valence-electron chi connectivity index (χ1n) is 16.7. The summed E-state index contributed by atoms with van der Waals surface area (Å²) in [7, 11) is 0. The fourth-order valence-electron chi connectivity index (χ4n) is 7.61. The van der Waals surface area contributed by atoms with E-state index >= 15 is 0 Å². The average molecular weight is 624 g/mol. The molecule has 0 saturated heterocycles. The Hall–Kier alpha value is -6.58. The van der Waals surface area contributed by atoms with Crippen molar-refractivity contribution in [2.45, 2.75) is 0 Å². The van der Waals surface area contributed by atoms with Gasteiger partial charge in [0.1, 0.15) is 5.82 Å². The number of fused-ring (bicyclic) bond motifs is 4. The third kappa shape index (κ3) is 4.29. The van der Waals surface area contributed by atoms with Crippen molar-refractivity contribution in [1.29, 1.82) is 0 Å². The van der Waals surface area contributed by atoms with Crippen molar-refractivity contribution in [3.63, 3.8) is 0 Å². The van der Waals surface area contributed by atoms with Gasteiger partial charge in [-0.1, -0.05) is 152 Å². The predicted molar refractivity (Wildman–Crippen MR) is 203 cm³/mol. The van der Waals surface area contributed by atoms with Crippen LogP contribution in [0.5, 0.6) is 0 Å². The van der Waals surface area contributed by atoms with Crippen LogP contribution in [0.1, 0.15) is 0 Å². The van der Waals surface area contributed by atoms with Gasteiger partial charge in [-0.2, -0.15) is 0 Å². The lowest BCUT2D eigenvalue weighted by atomic mass is 9.87. The normalized spacial score (nSPS) is 11.7. The van der Waals surface area contributed by atoms with E-state index in [2.05, 4.69) is 168 Å². The van der Waals surface area contributed by atoms with Crippen molar-refractivity contribution in [2.75, 3.05) is 0 Å². The van der Waals surface area contributed by atoms with Crippen molar-refractivity contribution in [3.05, 3.63) is 176 Å². The zero-order valence-electron chi connectivity index (χ0n) is 26.6. The molecule has 10 rings (SSSR count). The van der Waals surface area contributed by atoms with E-state index in [0.717, 1.165) is 61.8 Å². The number of pyridine rings is 1. The summed E-state index contributed by atoms with van der Waals surface area (Å²) in [5, 5.41) is 2.54. The van der Waals surface area contributed by atoms with Crippen LogP contribution in [0.3, 0.4) is 0 Å². The number of rotatable bonds is 5. The molecular formula is C46H29N3. The van der Waals surface area contributed by atoms with E-state index in [9.17, 15) is 0 Å². The molecule has 0 atom stereocenters. The van der Waals surface area contributed by atoms with E-state index in [4.69, 9.17) is 9.97 Å². The standard InChI is InChI=1S/C46H29N3/c1-4-14-31(15-5-1)41-42-36-22-12-18-30-19-13-23-37(40(30)36)43(42)45(32-16-6-2-7-17-32)48-44(41)33-26-28-34(29-27-33)46-47-38-24-10-11-25-39(38)49(46)35-20-8-3-9-21-35/h1-29H. The first-order chi connectivity index (χ1) is 24.3. The Bertz CT molecular complexity index is 2670. The Morgan fingerprint density at radius 3 is 1.63 bits per heavy atom. The van der Waals surface area contributed by atoms with Gasteiger partial charge in [-0.05, 0) is 51.7 Å². The van der Waals surface area contributed by atoms with Gasteiger partial charge in [0.2, 0.25) is 0 Å². The minimum Gasteiger partial charge on any atom is -0.292 e. The number of imidazole rings is 1. The molecule has 0 amide bonds. The average Bonchev–Trinajstić information content (AvgIpc) is 3.73. The molecule has 0 saturated carbocycles. The van der Waals surface area contributed by atoms with Gasteiger partial charge >= 0.3 is 0 Å². The van der Waals surface area contributed by atoms with Crippen LogP contribution in [0.25, 0.3) is 94.8 Å². The maximum absolute atomic E-state index is 5.61. The summed E-state index contributed by atoms with van der Waals surface area (Å²) in [6, 6.07) is 62.3. The molecule has 9 aromatic rings. The summed E-state index contributed by atoms with van der Waals surface area (Å²) in [6.07, 6.45) is 0. The van der Waals surface area contributed by atoms with Crippen molar-refractivity contribution >= 4 is 21.8 Å². The molecule has 0 spiro atoms. The van der Waals surface area contributed by atoms with E-state index < -0.39 is 0 Å². The third-order valence-electron chi connectivity index (χ3n) is 9.74. The second kappa shape index (κ2) is 11.0. The molecular weight excluding hydrogens is 595 g/mol. The van der Waals surface area contributed by atoms with Gasteiger partial charge in [0.05, 0.1) is 22.4 Å². The molecule has 228 valence electrons. The summed E-state index contributed by atoms with van der Waals surface area (Å²) >= 11 is 0. The molecule has 7 aromatic carbocycles. The summed E-state index contributed by atoms with van der Waals surface area (Å²) in [5.74, 6) is 0.913. The van der Waals surface area contributed by atoms with Crippen molar-refractivity contribution in [2.24, 2.45) is 0 Å². The minimum atomic E-state index is 0.913. The van der Waals surface area contributed by atoms with Crippen LogP contribution in [0.4, 0.5) is 0 Å². The van der Waals surface area contributed by atoms with Crippen LogP contribution >= 0.6 is 0 Å². The van der Waals surface area contributed by atoms with Crippen molar-refractivity contribution in [1.82, 2.24) is 14.5 Å². The Morgan fingerprint density at radius 1 is 0.367 bits per heavy atom. The van der Waals surface area contributed by atoms with E-state index in [1.807, 2.05) is 12.1 Å². The smallest absolute Gasteiger partial charge is 0.145 e. The largest absolute Gasteiger partial charge is 0.292 e. The van der Waals surface area contributed by atoms with Crippen LogP contribution in [0.2, 0.25) is 0 Å². The number of benzene rings is 7. The minimum absolute atomic E-state index is 0.913. The molecule has 2 aromatic heterocycles. The van der Waals surface area contributed by atoms with Crippen LogP contribution in [0.15, 0.2) is 176 Å². The second-order valence-electron chi connectivity index (χ2n) is 12.5. The highest BCUT2D eigenvalue weighted by atomic mass is 15.1. The predicted octanol–water partition coefficient (Wildman–Crippen LogP) is 11.9. The Balaban J connectivity index is 1.24. The molecule has 0 radical (unpaired) electrons. The SMILES string of the molecule is c1ccc(-c2nc(-c3ccc(-c4nc5ccccc5n4-c4ccccc4)cc3)c(-c3ccccc3)c3c2-c2cccc4cccc-3c24)cc1. The maximum Gasteiger partial charge on any atom is 0.145 e. The first kappa shape index (κ1) is 27.5. The number of aromatic nitrogens is 3. The number of para-hydroxylation sites is 3. The highest BCUT2D eigenvalue weighted by Gasteiger charge is 2.31. The highest BCUT2D eigenvalue weighted by Crippen LogP contribution is 2.56. The van der Waals surface area contributed by atoms with Crippen LogP contribution in [-0.2, 0) is 0 Å². The molecule has 0 unspecified atom stereocenters. The second-order valence-corrected chi connectivity index (χ2v) is 12.5. The lowest BCUT2D eigenvalue weighted by molar-refractivity contribution is 1.10.